The van der Waals surface area contributed by atoms with Crippen LogP contribution in [0.25, 0.3) is 0 Å². The first kappa shape index (κ1) is 25.5. The van der Waals surface area contributed by atoms with Crippen LogP contribution in [0, 0.1) is 22.0 Å². The van der Waals surface area contributed by atoms with Crippen LogP contribution in [0.4, 0.5) is 5.69 Å². The van der Waals surface area contributed by atoms with Crippen molar-refractivity contribution in [2.45, 2.75) is 77.6 Å². The minimum atomic E-state index is -1.80. The Morgan fingerprint density at radius 3 is 1.94 bits per heavy atom. The number of rotatable bonds is 4. The molecule has 0 radical (unpaired) electrons. The third kappa shape index (κ3) is 5.91. The number of ketones is 1. The van der Waals surface area contributed by atoms with Crippen LogP contribution in [0.2, 0.25) is 0 Å². The molecule has 1 saturated carbocycles. The summed E-state index contributed by atoms with van der Waals surface area (Å²) in [6, 6.07) is 5.21. The van der Waals surface area contributed by atoms with Gasteiger partial charge >= 0.3 is 11.9 Å². The van der Waals surface area contributed by atoms with Gasteiger partial charge in [-0.1, -0.05) is 12.1 Å². The minimum Gasteiger partial charge on any atom is -0.460 e. The van der Waals surface area contributed by atoms with Crippen LogP contribution in [0.3, 0.4) is 0 Å². The third-order valence-electron chi connectivity index (χ3n) is 5.08. The molecule has 9 heteroatoms. The molecule has 9 nitrogen and oxygen atoms in total. The van der Waals surface area contributed by atoms with E-state index in [2.05, 4.69) is 0 Å². The van der Waals surface area contributed by atoms with Gasteiger partial charge < -0.3 is 14.6 Å². The van der Waals surface area contributed by atoms with E-state index in [0.717, 1.165) is 0 Å². The number of nitro benzene ring substituents is 1. The number of nitro groups is 1. The molecule has 0 spiro atoms. The SMILES string of the molecule is CC(C)(C)OC(=O)[C@H]1C(=O)C[C@@](C)(O)[C@@H](C(=O)OC(C)(C)C)[C@@H]1c1ccc([N+](=O)[O-])cc1. The molecule has 0 bridgehead atoms. The van der Waals surface area contributed by atoms with E-state index in [9.17, 15) is 29.6 Å². The van der Waals surface area contributed by atoms with Gasteiger partial charge in [-0.25, -0.2) is 0 Å². The second-order valence-electron chi connectivity index (χ2n) is 10.4. The maximum Gasteiger partial charge on any atom is 0.317 e. The zero-order chi connectivity index (χ0) is 24.6. The zero-order valence-corrected chi connectivity index (χ0v) is 19.5. The first-order valence-corrected chi connectivity index (χ1v) is 10.4. The molecule has 1 aromatic rings. The normalized spacial score (nSPS) is 26.4. The molecule has 0 unspecified atom stereocenters. The van der Waals surface area contributed by atoms with Crippen LogP contribution in [0.5, 0.6) is 0 Å². The molecule has 0 amide bonds. The van der Waals surface area contributed by atoms with Crippen LogP contribution >= 0.6 is 0 Å². The molecular weight excluding hydrogens is 418 g/mol. The first-order chi connectivity index (χ1) is 14.4. The Kier molecular flexibility index (Phi) is 6.85. The number of carbonyl (C=O) groups excluding carboxylic acids is 3. The van der Waals surface area contributed by atoms with Gasteiger partial charge in [-0.05, 0) is 54.0 Å². The van der Waals surface area contributed by atoms with Crippen LogP contribution in [0.1, 0.15) is 66.4 Å². The predicted octanol–water partition coefficient (Wildman–Crippen LogP) is 3.32. The zero-order valence-electron chi connectivity index (χ0n) is 19.5. The van der Waals surface area contributed by atoms with Gasteiger partial charge in [0.05, 0.1) is 16.4 Å². The van der Waals surface area contributed by atoms with Gasteiger partial charge in [-0.15, -0.1) is 0 Å². The largest absolute Gasteiger partial charge is 0.460 e. The molecule has 176 valence electrons. The summed E-state index contributed by atoms with van der Waals surface area (Å²) >= 11 is 0. The van der Waals surface area contributed by atoms with Gasteiger partial charge in [0.25, 0.3) is 5.69 Å². The highest BCUT2D eigenvalue weighted by Gasteiger charge is 2.57. The van der Waals surface area contributed by atoms with Gasteiger partial charge in [0.2, 0.25) is 0 Å². The second kappa shape index (κ2) is 8.61. The minimum absolute atomic E-state index is 0.190. The van der Waals surface area contributed by atoms with Crippen molar-refractivity contribution in [3.63, 3.8) is 0 Å². The lowest BCUT2D eigenvalue weighted by Gasteiger charge is -2.44. The lowest BCUT2D eigenvalue weighted by Crippen LogP contribution is -2.56. The van der Waals surface area contributed by atoms with E-state index in [1.807, 2.05) is 0 Å². The lowest BCUT2D eigenvalue weighted by atomic mass is 9.61. The van der Waals surface area contributed by atoms with Gasteiger partial charge in [0.1, 0.15) is 17.1 Å². The van der Waals surface area contributed by atoms with Crippen molar-refractivity contribution >= 4 is 23.4 Å². The van der Waals surface area contributed by atoms with Crippen LogP contribution in [0.15, 0.2) is 24.3 Å². The van der Waals surface area contributed by atoms with Gasteiger partial charge in [0, 0.05) is 24.5 Å². The molecule has 1 aromatic carbocycles. The summed E-state index contributed by atoms with van der Waals surface area (Å²) in [5.41, 5.74) is -3.44. The van der Waals surface area contributed by atoms with Crippen molar-refractivity contribution in [2.24, 2.45) is 11.8 Å². The van der Waals surface area contributed by atoms with E-state index in [1.54, 1.807) is 41.5 Å². The molecule has 32 heavy (non-hydrogen) atoms. The average Bonchev–Trinajstić information content (AvgIpc) is 2.56. The lowest BCUT2D eigenvalue weighted by molar-refractivity contribution is -0.384. The van der Waals surface area contributed by atoms with E-state index < -0.39 is 63.6 Å². The molecule has 0 heterocycles. The Bertz CT molecular complexity index is 905. The Morgan fingerprint density at radius 1 is 1.03 bits per heavy atom. The summed E-state index contributed by atoms with van der Waals surface area (Å²) in [6.45, 7) is 11.3. The van der Waals surface area contributed by atoms with E-state index in [4.69, 9.17) is 9.47 Å². The van der Waals surface area contributed by atoms with Crippen molar-refractivity contribution in [2.75, 3.05) is 0 Å². The average molecular weight is 450 g/mol. The van der Waals surface area contributed by atoms with Crippen LogP contribution in [-0.2, 0) is 23.9 Å². The maximum atomic E-state index is 13.2. The highest BCUT2D eigenvalue weighted by molar-refractivity contribution is 6.03. The monoisotopic (exact) mass is 449 g/mol. The highest BCUT2D eigenvalue weighted by atomic mass is 16.6. The molecule has 2 rings (SSSR count). The number of benzene rings is 1. The Labute approximate surface area is 187 Å². The fraction of sp³-hybridized carbons (Fsp3) is 0.609. The summed E-state index contributed by atoms with van der Waals surface area (Å²) in [5, 5.41) is 22.2. The van der Waals surface area contributed by atoms with Gasteiger partial charge in [-0.2, -0.15) is 0 Å². The predicted molar refractivity (Wildman–Crippen MR) is 115 cm³/mol. The van der Waals surface area contributed by atoms with Crippen LogP contribution < -0.4 is 0 Å². The topological polar surface area (TPSA) is 133 Å². The van der Waals surface area contributed by atoms with E-state index in [-0.39, 0.29) is 5.69 Å². The van der Waals surface area contributed by atoms with Crippen molar-refractivity contribution in [1.82, 2.24) is 0 Å². The van der Waals surface area contributed by atoms with Crippen molar-refractivity contribution in [1.29, 1.82) is 0 Å². The fourth-order valence-corrected chi connectivity index (χ4v) is 3.96. The number of non-ortho nitro benzene ring substituents is 1. The quantitative estimate of drug-likeness (QED) is 0.320. The summed E-state index contributed by atoms with van der Waals surface area (Å²) < 4.78 is 11.0. The van der Waals surface area contributed by atoms with Crippen molar-refractivity contribution < 1.29 is 33.9 Å². The number of aliphatic hydroxyl groups is 1. The number of carbonyl (C=O) groups is 3. The van der Waals surface area contributed by atoms with E-state index in [1.165, 1.54) is 31.2 Å². The number of hydrogen-bond acceptors (Lipinski definition) is 8. The maximum absolute atomic E-state index is 13.2. The molecule has 1 N–H and O–H groups in total. The van der Waals surface area contributed by atoms with Crippen LogP contribution in [-0.4, -0.2) is 44.6 Å². The second-order valence-corrected chi connectivity index (χ2v) is 10.4. The number of esters is 2. The molecule has 1 aliphatic rings. The van der Waals surface area contributed by atoms with Crippen molar-refractivity contribution in [3.05, 3.63) is 39.9 Å². The number of ether oxygens (including phenoxy) is 2. The van der Waals surface area contributed by atoms with Crippen molar-refractivity contribution in [3.8, 4) is 0 Å². The Hall–Kier alpha value is -2.81. The number of nitrogens with zero attached hydrogens (tertiary/aromatic N) is 1. The van der Waals surface area contributed by atoms with Gasteiger partial charge in [0.15, 0.2) is 5.78 Å². The Morgan fingerprint density at radius 2 is 1.50 bits per heavy atom. The molecule has 1 fully saturated rings. The van der Waals surface area contributed by atoms with E-state index >= 15 is 0 Å². The first-order valence-electron chi connectivity index (χ1n) is 10.4. The molecule has 0 saturated heterocycles. The summed E-state index contributed by atoms with van der Waals surface area (Å²) in [4.78, 5) is 49.8. The van der Waals surface area contributed by atoms with E-state index in [0.29, 0.717) is 5.56 Å². The standard InChI is InChI=1S/C23H31NO8/c1-21(2,3)31-19(26)17-15(25)12-23(7,28)18(20(27)32-22(4,5)6)16(17)13-8-10-14(11-9-13)24(29)30/h8-11,16-18,28H,12H2,1-7H3/t16-,17+,18-,23-/m1/s1. The highest BCUT2D eigenvalue weighted by Crippen LogP contribution is 2.47. The number of hydrogen-bond donors (Lipinski definition) is 1. The molecule has 1 aliphatic carbocycles. The fourth-order valence-electron chi connectivity index (χ4n) is 3.96. The Balaban J connectivity index is 2.66. The molecular formula is C23H31NO8. The molecule has 0 aromatic heterocycles. The van der Waals surface area contributed by atoms with Gasteiger partial charge in [-0.3, -0.25) is 24.5 Å². The summed E-state index contributed by atoms with van der Waals surface area (Å²) in [7, 11) is 0. The third-order valence-corrected chi connectivity index (χ3v) is 5.08. The summed E-state index contributed by atoms with van der Waals surface area (Å²) in [5.74, 6) is -5.96. The molecule has 4 atom stereocenters. The smallest absolute Gasteiger partial charge is 0.317 e. The molecule has 0 aliphatic heterocycles. The summed E-state index contributed by atoms with van der Waals surface area (Å²) in [6.07, 6.45) is -0.440. The number of Topliss-reactive ketones (excluding diaryl/α,β-unsaturated/α-hetero) is 1.